The lowest BCUT2D eigenvalue weighted by Gasteiger charge is -2.13. The summed E-state index contributed by atoms with van der Waals surface area (Å²) in [4.78, 5) is 4.47. The Balaban J connectivity index is 0.00000484. The Hall–Kier alpha value is -0.820. The van der Waals surface area contributed by atoms with E-state index in [0.717, 1.165) is 31.0 Å². The molecule has 0 spiro atoms. The third-order valence-electron chi connectivity index (χ3n) is 3.44. The number of nitrogens with one attached hydrogen (secondary N) is 2. The molecule has 0 bridgehead atoms. The van der Waals surface area contributed by atoms with E-state index >= 15 is 0 Å². The number of hydrogen-bond donors (Lipinski definition) is 3. The molecule has 1 aromatic carbocycles. The molecule has 132 valence electrons. The maximum atomic E-state index is 10.1. The molecule has 0 heterocycles. The lowest BCUT2D eigenvalue weighted by molar-refractivity contribution is 0.183. The van der Waals surface area contributed by atoms with E-state index in [4.69, 9.17) is 0 Å². The van der Waals surface area contributed by atoms with Crippen LogP contribution >= 0.6 is 24.0 Å². The molecule has 1 atom stereocenters. The lowest BCUT2D eigenvalue weighted by atomic mass is 10.1. The lowest BCUT2D eigenvalue weighted by Crippen LogP contribution is -2.38. The van der Waals surface area contributed by atoms with Crippen LogP contribution in [0.2, 0.25) is 0 Å². The van der Waals surface area contributed by atoms with E-state index in [1.54, 1.807) is 0 Å². The van der Waals surface area contributed by atoms with Crippen molar-refractivity contribution in [3.8, 4) is 0 Å². The van der Waals surface area contributed by atoms with Crippen LogP contribution in [0.4, 0.5) is 0 Å². The second-order valence-electron chi connectivity index (χ2n) is 5.55. The van der Waals surface area contributed by atoms with Gasteiger partial charge in [0.05, 0.1) is 12.6 Å². The maximum absolute atomic E-state index is 10.1. The zero-order valence-corrected chi connectivity index (χ0v) is 16.8. The third kappa shape index (κ3) is 11.4. The third-order valence-corrected chi connectivity index (χ3v) is 3.44. The molecular formula is C18H32IN3O. The topological polar surface area (TPSA) is 56.7 Å². The van der Waals surface area contributed by atoms with Crippen LogP contribution < -0.4 is 10.6 Å². The van der Waals surface area contributed by atoms with Gasteiger partial charge >= 0.3 is 0 Å². The highest BCUT2D eigenvalue weighted by Crippen LogP contribution is 2.03. The minimum Gasteiger partial charge on any atom is -0.391 e. The number of hydrogen-bond acceptors (Lipinski definition) is 2. The van der Waals surface area contributed by atoms with E-state index in [2.05, 4.69) is 29.5 Å². The smallest absolute Gasteiger partial charge is 0.191 e. The highest BCUT2D eigenvalue weighted by Gasteiger charge is 2.05. The molecule has 0 aliphatic rings. The van der Waals surface area contributed by atoms with Crippen LogP contribution in [0, 0.1) is 0 Å². The summed E-state index contributed by atoms with van der Waals surface area (Å²) in [5.74, 6) is 0.797. The average Bonchev–Trinajstić information content (AvgIpc) is 2.53. The normalized spacial score (nSPS) is 12.4. The number of unbranched alkanes of at least 4 members (excludes halogenated alkanes) is 3. The molecule has 3 N–H and O–H groups in total. The van der Waals surface area contributed by atoms with Crippen molar-refractivity contribution in [2.24, 2.45) is 4.99 Å². The van der Waals surface area contributed by atoms with E-state index in [1.807, 2.05) is 30.3 Å². The Morgan fingerprint density at radius 2 is 1.83 bits per heavy atom. The first-order chi connectivity index (χ1) is 10.8. The molecule has 4 nitrogen and oxygen atoms in total. The van der Waals surface area contributed by atoms with E-state index in [0.29, 0.717) is 13.0 Å². The van der Waals surface area contributed by atoms with Gasteiger partial charge in [0.2, 0.25) is 0 Å². The van der Waals surface area contributed by atoms with Crippen LogP contribution in [0.1, 0.15) is 45.1 Å². The van der Waals surface area contributed by atoms with Gasteiger partial charge in [-0.05, 0) is 18.9 Å². The zero-order chi connectivity index (χ0) is 16.0. The number of guanidine groups is 1. The summed E-state index contributed by atoms with van der Waals surface area (Å²) < 4.78 is 0. The number of nitrogens with zero attached hydrogens (tertiary/aromatic N) is 1. The predicted molar refractivity (Wildman–Crippen MR) is 110 cm³/mol. The van der Waals surface area contributed by atoms with Gasteiger partial charge in [-0.2, -0.15) is 0 Å². The molecule has 0 radical (unpaired) electrons. The van der Waals surface area contributed by atoms with Crippen molar-refractivity contribution in [3.63, 3.8) is 0 Å². The highest BCUT2D eigenvalue weighted by atomic mass is 127. The van der Waals surface area contributed by atoms with Crippen molar-refractivity contribution < 1.29 is 5.11 Å². The molecule has 0 aliphatic heterocycles. The van der Waals surface area contributed by atoms with Gasteiger partial charge in [-0.1, -0.05) is 56.5 Å². The van der Waals surface area contributed by atoms with Gasteiger partial charge in [0.25, 0.3) is 0 Å². The zero-order valence-electron chi connectivity index (χ0n) is 14.4. The van der Waals surface area contributed by atoms with Gasteiger partial charge in [-0.25, -0.2) is 0 Å². The molecule has 0 aliphatic carbocycles. The van der Waals surface area contributed by atoms with Crippen molar-refractivity contribution in [1.82, 2.24) is 10.6 Å². The summed E-state index contributed by atoms with van der Waals surface area (Å²) in [6, 6.07) is 10.0. The van der Waals surface area contributed by atoms with Crippen LogP contribution in [-0.4, -0.2) is 36.8 Å². The molecule has 1 rings (SSSR count). The Labute approximate surface area is 158 Å². The fourth-order valence-corrected chi connectivity index (χ4v) is 2.25. The summed E-state index contributed by atoms with van der Waals surface area (Å²) in [5, 5.41) is 16.6. The predicted octanol–water partition coefficient (Wildman–Crippen LogP) is 3.34. The number of benzene rings is 1. The molecule has 0 amide bonds. The molecule has 0 saturated heterocycles. The molecule has 1 unspecified atom stereocenters. The van der Waals surface area contributed by atoms with E-state index in [1.165, 1.54) is 19.3 Å². The summed E-state index contributed by atoms with van der Waals surface area (Å²) >= 11 is 0. The molecule has 5 heteroatoms. The van der Waals surface area contributed by atoms with Crippen molar-refractivity contribution >= 4 is 29.9 Å². The molecule has 1 aromatic rings. The Kier molecular flexibility index (Phi) is 14.2. The van der Waals surface area contributed by atoms with Gasteiger partial charge in [-0.3, -0.25) is 4.99 Å². The molecule has 0 aromatic heterocycles. The van der Waals surface area contributed by atoms with Crippen molar-refractivity contribution in [3.05, 3.63) is 35.9 Å². The van der Waals surface area contributed by atoms with E-state index < -0.39 is 6.10 Å². The number of aliphatic hydroxyl groups excluding tert-OH is 1. The quantitative estimate of drug-likeness (QED) is 0.230. The van der Waals surface area contributed by atoms with Gasteiger partial charge in [0.15, 0.2) is 5.96 Å². The van der Waals surface area contributed by atoms with Crippen molar-refractivity contribution in [2.45, 2.75) is 52.1 Å². The van der Waals surface area contributed by atoms with E-state index in [9.17, 15) is 5.11 Å². The standard InChI is InChI=1S/C18H31N3O.HI/c1-3-5-6-10-13-20-18(19-4-2)21-15-17(22)14-16-11-8-7-9-12-16;/h7-9,11-12,17,22H,3-6,10,13-15H2,1-2H3,(H2,19,20,21);1H. The minimum absolute atomic E-state index is 0. The fraction of sp³-hybridized carbons (Fsp3) is 0.611. The number of aliphatic imine (C=N–C) groups is 1. The molecule has 0 fully saturated rings. The first kappa shape index (κ1) is 22.2. The summed E-state index contributed by atoms with van der Waals surface area (Å²) in [6.07, 6.45) is 5.13. The number of rotatable bonds is 10. The first-order valence-corrected chi connectivity index (χ1v) is 8.50. The van der Waals surface area contributed by atoms with E-state index in [-0.39, 0.29) is 24.0 Å². The van der Waals surface area contributed by atoms with Crippen LogP contribution in [0.3, 0.4) is 0 Å². The van der Waals surface area contributed by atoms with Gasteiger partial charge < -0.3 is 15.7 Å². The van der Waals surface area contributed by atoms with Crippen LogP contribution in [0.5, 0.6) is 0 Å². The highest BCUT2D eigenvalue weighted by molar-refractivity contribution is 14.0. The second kappa shape index (κ2) is 14.8. The average molecular weight is 433 g/mol. The van der Waals surface area contributed by atoms with Gasteiger partial charge in [0, 0.05) is 19.5 Å². The molecule has 23 heavy (non-hydrogen) atoms. The van der Waals surface area contributed by atoms with Crippen molar-refractivity contribution in [1.29, 1.82) is 0 Å². The summed E-state index contributed by atoms with van der Waals surface area (Å²) in [5.41, 5.74) is 1.14. The minimum atomic E-state index is -0.446. The Bertz CT molecular complexity index is 412. The number of aliphatic hydroxyl groups is 1. The maximum Gasteiger partial charge on any atom is 0.191 e. The fourth-order valence-electron chi connectivity index (χ4n) is 2.25. The SMILES string of the molecule is CCCCCCNC(=NCC(O)Cc1ccccc1)NCC.I. The largest absolute Gasteiger partial charge is 0.391 e. The number of halogens is 1. The van der Waals surface area contributed by atoms with Crippen LogP contribution in [0.25, 0.3) is 0 Å². The summed E-state index contributed by atoms with van der Waals surface area (Å²) in [6.45, 7) is 6.44. The first-order valence-electron chi connectivity index (χ1n) is 8.50. The summed E-state index contributed by atoms with van der Waals surface area (Å²) in [7, 11) is 0. The van der Waals surface area contributed by atoms with Gasteiger partial charge in [0.1, 0.15) is 0 Å². The Morgan fingerprint density at radius 3 is 2.48 bits per heavy atom. The Morgan fingerprint density at radius 1 is 1.09 bits per heavy atom. The van der Waals surface area contributed by atoms with Crippen LogP contribution in [-0.2, 0) is 6.42 Å². The van der Waals surface area contributed by atoms with Crippen LogP contribution in [0.15, 0.2) is 35.3 Å². The van der Waals surface area contributed by atoms with Crippen molar-refractivity contribution in [2.75, 3.05) is 19.6 Å². The molecular weight excluding hydrogens is 401 g/mol. The molecule has 0 saturated carbocycles. The van der Waals surface area contributed by atoms with Gasteiger partial charge in [-0.15, -0.1) is 24.0 Å². The second-order valence-corrected chi connectivity index (χ2v) is 5.55. The monoisotopic (exact) mass is 433 g/mol.